The molecule has 5 heteroatoms. The van der Waals surface area contributed by atoms with Crippen LogP contribution < -0.4 is 5.32 Å². The summed E-state index contributed by atoms with van der Waals surface area (Å²) in [5.74, 6) is 1.89. The van der Waals surface area contributed by atoms with Gasteiger partial charge in [-0.2, -0.15) is 0 Å². The van der Waals surface area contributed by atoms with E-state index in [0.29, 0.717) is 10.0 Å². The van der Waals surface area contributed by atoms with Crippen molar-refractivity contribution >= 4 is 27.8 Å². The van der Waals surface area contributed by atoms with E-state index >= 15 is 0 Å². The summed E-state index contributed by atoms with van der Waals surface area (Å²) in [5, 5.41) is 3.13. The van der Waals surface area contributed by atoms with Crippen molar-refractivity contribution in [1.82, 2.24) is 5.32 Å². The van der Waals surface area contributed by atoms with Crippen molar-refractivity contribution in [3.63, 3.8) is 0 Å². The number of hydrogen-bond acceptors (Lipinski definition) is 3. The minimum absolute atomic E-state index is 0.144. The summed E-state index contributed by atoms with van der Waals surface area (Å²) in [5.41, 5.74) is 0.700. The molecule has 1 N–H and O–H groups in total. The van der Waals surface area contributed by atoms with Gasteiger partial charge in [0.05, 0.1) is 5.56 Å². The summed E-state index contributed by atoms with van der Waals surface area (Å²) in [6.45, 7) is 1.91. The Morgan fingerprint density at radius 2 is 1.73 bits per heavy atom. The average Bonchev–Trinajstić information content (AvgIpc) is 2.59. The molecule has 0 aliphatic heterocycles. The second-order valence-corrected chi connectivity index (χ2v) is 9.48. The molecule has 0 unspecified atom stereocenters. The van der Waals surface area contributed by atoms with Crippen LogP contribution in [0.5, 0.6) is 0 Å². The monoisotopic (exact) mass is 419 g/mol. The van der Waals surface area contributed by atoms with Crippen LogP contribution >= 0.6 is 15.9 Å². The fourth-order valence-electron chi connectivity index (χ4n) is 5.98. The molecule has 1 aromatic carbocycles. The minimum atomic E-state index is -0.477. The van der Waals surface area contributed by atoms with Crippen molar-refractivity contribution in [3.8, 4) is 0 Å². The highest BCUT2D eigenvalue weighted by molar-refractivity contribution is 9.10. The van der Waals surface area contributed by atoms with Crippen LogP contribution in [0.1, 0.15) is 55.8 Å². The van der Waals surface area contributed by atoms with Gasteiger partial charge in [-0.05, 0) is 96.7 Å². The zero-order valence-electron chi connectivity index (χ0n) is 15.2. The Kier molecular flexibility index (Phi) is 4.84. The van der Waals surface area contributed by atoms with Crippen LogP contribution in [0.15, 0.2) is 28.7 Å². The standard InChI is InChI=1S/C21H26BrNO3/c1-13(21-9-14-6-15(10-21)8-16(7-14)11-21)23-19(24)12-26-20(25)17-4-2-3-5-18(17)22/h2-5,13-16H,6-12H2,1H3,(H,23,24)/t13-,14?,15?,16?,21?/m1/s1. The lowest BCUT2D eigenvalue weighted by atomic mass is 9.48. The molecule has 26 heavy (non-hydrogen) atoms. The van der Waals surface area contributed by atoms with E-state index in [4.69, 9.17) is 4.74 Å². The van der Waals surface area contributed by atoms with Crippen LogP contribution in [0.2, 0.25) is 0 Å². The molecule has 0 aromatic heterocycles. The van der Waals surface area contributed by atoms with Crippen LogP contribution in [-0.4, -0.2) is 24.5 Å². The Labute approximate surface area is 163 Å². The largest absolute Gasteiger partial charge is 0.452 e. The Bertz CT molecular complexity index is 682. The molecular formula is C21H26BrNO3. The number of rotatable bonds is 5. The quantitative estimate of drug-likeness (QED) is 0.722. The van der Waals surface area contributed by atoms with E-state index in [1.807, 2.05) is 6.07 Å². The molecule has 4 aliphatic carbocycles. The topological polar surface area (TPSA) is 55.4 Å². The van der Waals surface area contributed by atoms with E-state index in [9.17, 15) is 9.59 Å². The Balaban J connectivity index is 1.32. The lowest BCUT2D eigenvalue weighted by Gasteiger charge is -2.59. The second-order valence-electron chi connectivity index (χ2n) is 8.63. The van der Waals surface area contributed by atoms with Gasteiger partial charge in [0.2, 0.25) is 0 Å². The fraction of sp³-hybridized carbons (Fsp3) is 0.619. The first kappa shape index (κ1) is 18.0. The molecule has 1 amide bonds. The van der Waals surface area contributed by atoms with Crippen molar-refractivity contribution in [3.05, 3.63) is 34.3 Å². The van der Waals surface area contributed by atoms with E-state index in [0.717, 1.165) is 17.8 Å². The molecule has 4 aliphatic rings. The van der Waals surface area contributed by atoms with E-state index in [1.54, 1.807) is 18.2 Å². The first-order valence-corrected chi connectivity index (χ1v) is 10.5. The highest BCUT2D eigenvalue weighted by Crippen LogP contribution is 2.61. The first-order valence-electron chi connectivity index (χ1n) is 9.66. The van der Waals surface area contributed by atoms with Gasteiger partial charge in [-0.1, -0.05) is 12.1 Å². The SMILES string of the molecule is C[C@@H](NC(=O)COC(=O)c1ccccc1Br)C12CC3CC(CC(C3)C1)C2. The van der Waals surface area contributed by atoms with Gasteiger partial charge in [0.1, 0.15) is 0 Å². The zero-order chi connectivity index (χ0) is 18.3. The average molecular weight is 420 g/mol. The number of carbonyl (C=O) groups is 2. The number of benzene rings is 1. The highest BCUT2D eigenvalue weighted by Gasteiger charge is 2.53. The molecule has 1 atom stereocenters. The third kappa shape index (κ3) is 3.42. The molecule has 4 fully saturated rings. The van der Waals surface area contributed by atoms with Gasteiger partial charge in [-0.3, -0.25) is 4.79 Å². The van der Waals surface area contributed by atoms with E-state index in [2.05, 4.69) is 28.2 Å². The first-order chi connectivity index (χ1) is 12.4. The predicted octanol–water partition coefficient (Wildman–Crippen LogP) is 4.33. The van der Waals surface area contributed by atoms with Crippen molar-refractivity contribution in [2.75, 3.05) is 6.61 Å². The maximum atomic E-state index is 12.4. The Morgan fingerprint density at radius 3 is 2.31 bits per heavy atom. The van der Waals surface area contributed by atoms with Crippen LogP contribution in [0.25, 0.3) is 0 Å². The highest BCUT2D eigenvalue weighted by atomic mass is 79.9. The lowest BCUT2D eigenvalue weighted by molar-refractivity contribution is -0.128. The number of amides is 1. The van der Waals surface area contributed by atoms with Crippen molar-refractivity contribution in [2.24, 2.45) is 23.2 Å². The van der Waals surface area contributed by atoms with Crippen molar-refractivity contribution < 1.29 is 14.3 Å². The maximum Gasteiger partial charge on any atom is 0.339 e. The number of nitrogens with one attached hydrogen (secondary N) is 1. The molecule has 0 spiro atoms. The molecule has 4 nitrogen and oxygen atoms in total. The van der Waals surface area contributed by atoms with Crippen LogP contribution in [-0.2, 0) is 9.53 Å². The Hall–Kier alpha value is -1.36. The number of hydrogen-bond donors (Lipinski definition) is 1. The summed E-state index contributed by atoms with van der Waals surface area (Å²) in [6.07, 6.45) is 7.92. The molecule has 4 saturated carbocycles. The summed E-state index contributed by atoms with van der Waals surface area (Å²) >= 11 is 3.33. The molecular weight excluding hydrogens is 394 g/mol. The lowest BCUT2D eigenvalue weighted by Crippen LogP contribution is -2.56. The van der Waals surface area contributed by atoms with Crippen LogP contribution in [0.4, 0.5) is 0 Å². The minimum Gasteiger partial charge on any atom is -0.452 e. The maximum absolute atomic E-state index is 12.4. The molecule has 1 aromatic rings. The third-order valence-corrected chi connectivity index (χ3v) is 7.50. The zero-order valence-corrected chi connectivity index (χ0v) is 16.8. The normalized spacial score (nSPS) is 32.9. The molecule has 0 radical (unpaired) electrons. The predicted molar refractivity (Wildman–Crippen MR) is 103 cm³/mol. The van der Waals surface area contributed by atoms with E-state index < -0.39 is 5.97 Å². The fourth-order valence-corrected chi connectivity index (χ4v) is 6.43. The van der Waals surface area contributed by atoms with E-state index in [1.165, 1.54) is 38.5 Å². The molecule has 4 bridgehead atoms. The number of esters is 1. The Morgan fingerprint density at radius 1 is 1.15 bits per heavy atom. The van der Waals surface area contributed by atoms with Gasteiger partial charge in [0.25, 0.3) is 5.91 Å². The van der Waals surface area contributed by atoms with E-state index in [-0.39, 0.29) is 24.0 Å². The third-order valence-electron chi connectivity index (χ3n) is 6.81. The summed E-state index contributed by atoms with van der Waals surface area (Å²) in [7, 11) is 0. The van der Waals surface area contributed by atoms with Crippen LogP contribution in [0, 0.1) is 23.2 Å². The summed E-state index contributed by atoms with van der Waals surface area (Å²) in [4.78, 5) is 24.5. The van der Waals surface area contributed by atoms with Crippen molar-refractivity contribution in [2.45, 2.75) is 51.5 Å². The van der Waals surface area contributed by atoms with Gasteiger partial charge in [0.15, 0.2) is 6.61 Å². The smallest absolute Gasteiger partial charge is 0.339 e. The molecule has 140 valence electrons. The van der Waals surface area contributed by atoms with Gasteiger partial charge in [-0.15, -0.1) is 0 Å². The number of carbonyl (C=O) groups excluding carboxylic acids is 2. The van der Waals surface area contributed by atoms with Crippen LogP contribution in [0.3, 0.4) is 0 Å². The number of ether oxygens (including phenoxy) is 1. The summed E-state index contributed by atoms with van der Waals surface area (Å²) in [6, 6.07) is 7.22. The van der Waals surface area contributed by atoms with Gasteiger partial charge in [-0.25, -0.2) is 4.79 Å². The van der Waals surface area contributed by atoms with Gasteiger partial charge < -0.3 is 10.1 Å². The van der Waals surface area contributed by atoms with Crippen molar-refractivity contribution in [1.29, 1.82) is 0 Å². The second kappa shape index (κ2) is 6.99. The molecule has 0 saturated heterocycles. The summed E-state index contributed by atoms with van der Waals surface area (Å²) < 4.78 is 5.88. The molecule has 5 rings (SSSR count). The molecule has 0 heterocycles. The van der Waals surface area contributed by atoms with Gasteiger partial charge in [0, 0.05) is 10.5 Å². The number of halogens is 1. The van der Waals surface area contributed by atoms with Gasteiger partial charge >= 0.3 is 5.97 Å².